The van der Waals surface area contributed by atoms with Crippen LogP contribution in [-0.4, -0.2) is 62.5 Å². The van der Waals surface area contributed by atoms with Gasteiger partial charge in [-0.2, -0.15) is 10.4 Å². The van der Waals surface area contributed by atoms with Crippen molar-refractivity contribution in [1.29, 1.82) is 5.26 Å². The maximum absolute atomic E-state index is 13.3. The van der Waals surface area contributed by atoms with Crippen LogP contribution in [0.3, 0.4) is 0 Å². The van der Waals surface area contributed by atoms with Crippen LogP contribution < -0.4 is 0 Å². The molecule has 1 fully saturated rings. The molecule has 0 aliphatic carbocycles. The summed E-state index contributed by atoms with van der Waals surface area (Å²) in [5, 5.41) is 27.2. The van der Waals surface area contributed by atoms with E-state index in [0.29, 0.717) is 29.0 Å². The number of rotatable bonds is 4. The Hall–Kier alpha value is -3.77. The van der Waals surface area contributed by atoms with Crippen molar-refractivity contribution in [3.8, 4) is 17.2 Å². The fourth-order valence-electron chi connectivity index (χ4n) is 3.85. The molecule has 1 aliphatic rings. The summed E-state index contributed by atoms with van der Waals surface area (Å²) < 4.78 is 1.50. The van der Waals surface area contributed by atoms with Crippen molar-refractivity contribution in [2.75, 3.05) is 20.3 Å². The van der Waals surface area contributed by atoms with Gasteiger partial charge in [0.1, 0.15) is 19.1 Å². The average molecular weight is 404 g/mol. The quantitative estimate of drug-likeness (QED) is 0.663. The van der Waals surface area contributed by atoms with Gasteiger partial charge in [-0.1, -0.05) is 17.3 Å². The molecule has 0 saturated carbocycles. The molecule has 9 nitrogen and oxygen atoms in total. The first-order chi connectivity index (χ1) is 14.6. The van der Waals surface area contributed by atoms with Gasteiger partial charge in [0.25, 0.3) is 5.91 Å². The molecule has 0 spiro atoms. The van der Waals surface area contributed by atoms with E-state index in [1.165, 1.54) is 18.0 Å². The molecule has 9 heteroatoms. The van der Waals surface area contributed by atoms with Crippen LogP contribution >= 0.6 is 0 Å². The van der Waals surface area contributed by atoms with Crippen molar-refractivity contribution in [3.05, 3.63) is 53.5 Å². The van der Waals surface area contributed by atoms with Crippen LogP contribution in [-0.2, 0) is 4.84 Å². The zero-order chi connectivity index (χ0) is 21.3. The molecule has 1 saturated heterocycles. The number of carbonyl (C=O) groups excluding carboxylic acids is 1. The van der Waals surface area contributed by atoms with Gasteiger partial charge in [-0.25, -0.2) is 9.50 Å². The smallest absolute Gasteiger partial charge is 0.273 e. The number of aliphatic hydroxyl groups is 1. The van der Waals surface area contributed by atoms with Gasteiger partial charge < -0.3 is 14.8 Å². The molecular weight excluding hydrogens is 384 g/mol. The summed E-state index contributed by atoms with van der Waals surface area (Å²) in [5.74, 6) is -0.278. The molecule has 0 radical (unpaired) electrons. The summed E-state index contributed by atoms with van der Waals surface area (Å²) >= 11 is 0. The lowest BCUT2D eigenvalue weighted by Crippen LogP contribution is -2.38. The van der Waals surface area contributed by atoms with E-state index in [1.807, 2.05) is 25.1 Å². The maximum atomic E-state index is 13.3. The standard InChI is InChI=1S/C21H20N6O3/c1-13-14(9-22)4-3-5-17(13)18-6-7-19(27-20(18)23-12-24-27)21(29)26-10-15(25-30-2)8-16(26)11-28/h3-7,12,16,28H,8,10-11H2,1-2H3/b25-15+/t16-/m0/s1. The lowest BCUT2D eigenvalue weighted by atomic mass is 9.97. The fraction of sp³-hybridized carbons (Fsp3) is 0.286. The maximum Gasteiger partial charge on any atom is 0.273 e. The molecule has 1 amide bonds. The number of nitrogens with zero attached hydrogens (tertiary/aromatic N) is 6. The Balaban J connectivity index is 1.78. The van der Waals surface area contributed by atoms with Gasteiger partial charge in [-0.05, 0) is 36.2 Å². The van der Waals surface area contributed by atoms with Crippen LogP contribution in [0.15, 0.2) is 41.8 Å². The number of likely N-dealkylation sites (tertiary alicyclic amines) is 1. The number of benzene rings is 1. The SMILES string of the molecule is CO/N=C1\C[C@@H](CO)N(C(=O)c2ccc(-c3cccc(C#N)c3C)c3ncnn23)C1. The molecule has 152 valence electrons. The Morgan fingerprint density at radius 1 is 1.37 bits per heavy atom. The minimum Gasteiger partial charge on any atom is -0.399 e. The lowest BCUT2D eigenvalue weighted by molar-refractivity contribution is 0.0671. The van der Waals surface area contributed by atoms with Crippen molar-refractivity contribution in [1.82, 2.24) is 19.5 Å². The summed E-state index contributed by atoms with van der Waals surface area (Å²) in [7, 11) is 1.45. The van der Waals surface area contributed by atoms with Gasteiger partial charge >= 0.3 is 0 Å². The van der Waals surface area contributed by atoms with E-state index in [2.05, 4.69) is 21.3 Å². The normalized spacial score (nSPS) is 17.5. The van der Waals surface area contributed by atoms with E-state index in [0.717, 1.165) is 16.7 Å². The molecule has 4 rings (SSSR count). The Morgan fingerprint density at radius 2 is 2.20 bits per heavy atom. The van der Waals surface area contributed by atoms with Crippen molar-refractivity contribution in [2.24, 2.45) is 5.16 Å². The van der Waals surface area contributed by atoms with E-state index >= 15 is 0 Å². The largest absolute Gasteiger partial charge is 0.399 e. The first-order valence-corrected chi connectivity index (χ1v) is 9.42. The highest BCUT2D eigenvalue weighted by Gasteiger charge is 2.34. The number of amides is 1. The summed E-state index contributed by atoms with van der Waals surface area (Å²) in [4.78, 5) is 24.0. The molecule has 30 heavy (non-hydrogen) atoms. The predicted octanol–water partition coefficient (Wildman–Crippen LogP) is 1.79. The molecular formula is C21H20N6O3. The Labute approximate surface area is 172 Å². The summed E-state index contributed by atoms with van der Waals surface area (Å²) in [5.41, 5.74) is 4.60. The molecule has 3 aromatic rings. The van der Waals surface area contributed by atoms with Crippen molar-refractivity contribution in [2.45, 2.75) is 19.4 Å². The third kappa shape index (κ3) is 3.17. The first kappa shape index (κ1) is 19.5. The van der Waals surface area contributed by atoms with Gasteiger partial charge in [0, 0.05) is 12.0 Å². The van der Waals surface area contributed by atoms with Crippen LogP contribution in [0, 0.1) is 18.3 Å². The average Bonchev–Trinajstić information content (AvgIpc) is 3.40. The number of nitriles is 1. The van der Waals surface area contributed by atoms with E-state index in [9.17, 15) is 15.2 Å². The molecule has 3 heterocycles. The summed E-state index contributed by atoms with van der Waals surface area (Å²) in [6.45, 7) is 1.99. The monoisotopic (exact) mass is 404 g/mol. The second-order valence-electron chi connectivity index (χ2n) is 7.03. The number of fused-ring (bicyclic) bond motifs is 1. The predicted molar refractivity (Wildman–Crippen MR) is 109 cm³/mol. The minimum absolute atomic E-state index is 0.173. The number of hydrogen-bond acceptors (Lipinski definition) is 7. The van der Waals surface area contributed by atoms with Crippen molar-refractivity contribution >= 4 is 17.3 Å². The molecule has 2 aromatic heterocycles. The van der Waals surface area contributed by atoms with Crippen molar-refractivity contribution < 1.29 is 14.7 Å². The zero-order valence-corrected chi connectivity index (χ0v) is 16.6. The van der Waals surface area contributed by atoms with E-state index < -0.39 is 0 Å². The first-order valence-electron chi connectivity index (χ1n) is 9.42. The van der Waals surface area contributed by atoms with Crippen LogP contribution in [0.25, 0.3) is 16.8 Å². The fourth-order valence-corrected chi connectivity index (χ4v) is 3.85. The Bertz CT molecular complexity index is 1190. The molecule has 1 aliphatic heterocycles. The van der Waals surface area contributed by atoms with Crippen LogP contribution in [0.5, 0.6) is 0 Å². The van der Waals surface area contributed by atoms with Crippen LogP contribution in [0.4, 0.5) is 0 Å². The molecule has 1 N–H and O–H groups in total. The highest BCUT2D eigenvalue weighted by Crippen LogP contribution is 2.29. The van der Waals surface area contributed by atoms with Crippen LogP contribution in [0.2, 0.25) is 0 Å². The van der Waals surface area contributed by atoms with Crippen molar-refractivity contribution in [3.63, 3.8) is 0 Å². The second-order valence-corrected chi connectivity index (χ2v) is 7.03. The zero-order valence-electron chi connectivity index (χ0n) is 16.6. The number of oxime groups is 1. The molecule has 0 unspecified atom stereocenters. The summed E-state index contributed by atoms with van der Waals surface area (Å²) in [6.07, 6.45) is 1.85. The lowest BCUT2D eigenvalue weighted by Gasteiger charge is -2.22. The van der Waals surface area contributed by atoms with Gasteiger partial charge in [0.15, 0.2) is 5.65 Å². The molecule has 1 aromatic carbocycles. The summed E-state index contributed by atoms with van der Waals surface area (Å²) in [6, 6.07) is 10.8. The third-order valence-electron chi connectivity index (χ3n) is 5.35. The Morgan fingerprint density at radius 3 is 2.93 bits per heavy atom. The molecule has 0 bridgehead atoms. The topological polar surface area (TPSA) is 116 Å². The number of carbonyl (C=O) groups is 1. The second kappa shape index (κ2) is 7.93. The third-order valence-corrected chi connectivity index (χ3v) is 5.35. The van der Waals surface area contributed by atoms with E-state index in [1.54, 1.807) is 17.0 Å². The number of aromatic nitrogens is 3. The van der Waals surface area contributed by atoms with Gasteiger partial charge in [0.2, 0.25) is 0 Å². The van der Waals surface area contributed by atoms with Gasteiger partial charge in [-0.3, -0.25) is 4.79 Å². The highest BCUT2D eigenvalue weighted by molar-refractivity contribution is 6.00. The van der Waals surface area contributed by atoms with Gasteiger partial charge in [0.05, 0.1) is 36.5 Å². The minimum atomic E-state index is -0.376. The van der Waals surface area contributed by atoms with E-state index in [4.69, 9.17) is 4.84 Å². The van der Waals surface area contributed by atoms with E-state index in [-0.39, 0.29) is 25.1 Å². The Kier molecular flexibility index (Phi) is 5.16. The number of hydrogen-bond donors (Lipinski definition) is 1. The van der Waals surface area contributed by atoms with Gasteiger partial charge in [-0.15, -0.1) is 0 Å². The van der Waals surface area contributed by atoms with Crippen LogP contribution in [0.1, 0.15) is 28.0 Å². The molecule has 1 atom stereocenters. The highest BCUT2D eigenvalue weighted by atomic mass is 16.6. The number of pyridine rings is 1. The number of aliphatic hydroxyl groups excluding tert-OH is 1.